The van der Waals surface area contributed by atoms with Crippen LogP contribution in [-0.2, 0) is 0 Å². The summed E-state index contributed by atoms with van der Waals surface area (Å²) < 4.78 is 0. The molecule has 2 aliphatic rings. The lowest BCUT2D eigenvalue weighted by Gasteiger charge is -2.37. The van der Waals surface area contributed by atoms with Crippen molar-refractivity contribution >= 4 is 5.82 Å². The maximum atomic E-state index is 10.6. The molecule has 0 bridgehead atoms. The monoisotopic (exact) mass is 314 g/mol. The summed E-state index contributed by atoms with van der Waals surface area (Å²) in [6, 6.07) is 6.34. The van der Waals surface area contributed by atoms with Gasteiger partial charge in [-0.25, -0.2) is 4.98 Å². The molecular formula is C18H26N4O. The number of nitrogens with one attached hydrogen (secondary N) is 1. The second-order valence-electron chi connectivity index (χ2n) is 6.94. The molecule has 1 aromatic heterocycles. The van der Waals surface area contributed by atoms with Gasteiger partial charge < -0.3 is 15.3 Å². The summed E-state index contributed by atoms with van der Waals surface area (Å²) in [6.07, 6.45) is 9.22. The lowest BCUT2D eigenvalue weighted by Crippen LogP contribution is -2.49. The molecule has 2 fully saturated rings. The van der Waals surface area contributed by atoms with Gasteiger partial charge >= 0.3 is 0 Å². The van der Waals surface area contributed by atoms with E-state index < -0.39 is 5.60 Å². The average molecular weight is 314 g/mol. The maximum absolute atomic E-state index is 10.6. The van der Waals surface area contributed by atoms with E-state index in [2.05, 4.69) is 21.3 Å². The molecular weight excluding hydrogens is 288 g/mol. The molecule has 1 saturated carbocycles. The van der Waals surface area contributed by atoms with Crippen LogP contribution in [0, 0.1) is 11.3 Å². The normalized spacial score (nSPS) is 21.8. The van der Waals surface area contributed by atoms with Crippen LogP contribution in [0.5, 0.6) is 0 Å². The fourth-order valence-electron chi connectivity index (χ4n) is 3.67. The highest BCUT2D eigenvalue weighted by atomic mass is 16.3. The Bertz CT molecular complexity index is 537. The first-order valence-electron chi connectivity index (χ1n) is 8.75. The Hall–Kier alpha value is -1.64. The third kappa shape index (κ3) is 4.21. The summed E-state index contributed by atoms with van der Waals surface area (Å²) in [7, 11) is 0. The molecule has 0 spiro atoms. The van der Waals surface area contributed by atoms with Crippen molar-refractivity contribution in [3.8, 4) is 6.07 Å². The van der Waals surface area contributed by atoms with E-state index in [9.17, 15) is 5.11 Å². The molecule has 5 nitrogen and oxygen atoms in total. The Kier molecular flexibility index (Phi) is 5.14. The molecule has 0 amide bonds. The first-order chi connectivity index (χ1) is 11.2. The highest BCUT2D eigenvalue weighted by Gasteiger charge is 2.30. The number of anilines is 1. The summed E-state index contributed by atoms with van der Waals surface area (Å²) in [5.41, 5.74) is 0.121. The Morgan fingerprint density at radius 3 is 2.61 bits per heavy atom. The van der Waals surface area contributed by atoms with Crippen LogP contribution < -0.4 is 10.2 Å². The van der Waals surface area contributed by atoms with Gasteiger partial charge in [0.05, 0.1) is 11.2 Å². The number of aromatic nitrogens is 1. The van der Waals surface area contributed by atoms with Gasteiger partial charge in [-0.1, -0.05) is 19.3 Å². The number of hydrogen-bond donors (Lipinski definition) is 2. The van der Waals surface area contributed by atoms with Crippen LogP contribution in [0.3, 0.4) is 0 Å². The molecule has 23 heavy (non-hydrogen) atoms. The Balaban J connectivity index is 1.45. The molecule has 1 saturated heterocycles. The molecule has 0 unspecified atom stereocenters. The van der Waals surface area contributed by atoms with Crippen molar-refractivity contribution in [2.24, 2.45) is 0 Å². The van der Waals surface area contributed by atoms with Crippen molar-refractivity contribution in [3.63, 3.8) is 0 Å². The first-order valence-corrected chi connectivity index (χ1v) is 8.75. The van der Waals surface area contributed by atoms with Gasteiger partial charge in [-0.2, -0.15) is 5.26 Å². The zero-order valence-corrected chi connectivity index (χ0v) is 13.7. The van der Waals surface area contributed by atoms with Gasteiger partial charge in [0.15, 0.2) is 0 Å². The number of hydrogen-bond acceptors (Lipinski definition) is 5. The van der Waals surface area contributed by atoms with Crippen molar-refractivity contribution in [2.45, 2.75) is 56.6 Å². The van der Waals surface area contributed by atoms with E-state index in [-0.39, 0.29) is 0 Å². The third-order valence-corrected chi connectivity index (χ3v) is 5.20. The fourth-order valence-corrected chi connectivity index (χ4v) is 3.67. The van der Waals surface area contributed by atoms with Gasteiger partial charge in [0.25, 0.3) is 0 Å². The largest absolute Gasteiger partial charge is 0.389 e. The lowest BCUT2D eigenvalue weighted by molar-refractivity contribution is 0.00204. The molecule has 2 heterocycles. The van der Waals surface area contributed by atoms with E-state index in [1.807, 2.05) is 12.1 Å². The maximum Gasteiger partial charge on any atom is 0.128 e. The van der Waals surface area contributed by atoms with Crippen LogP contribution in [0.2, 0.25) is 0 Å². The number of nitriles is 1. The van der Waals surface area contributed by atoms with Crippen LogP contribution in [-0.4, -0.2) is 41.4 Å². The van der Waals surface area contributed by atoms with Crippen LogP contribution in [0.25, 0.3) is 0 Å². The minimum absolute atomic E-state index is 0.482. The van der Waals surface area contributed by atoms with Gasteiger partial charge in [0.1, 0.15) is 11.9 Å². The Labute approximate surface area is 138 Å². The van der Waals surface area contributed by atoms with Gasteiger partial charge in [-0.05, 0) is 37.8 Å². The van der Waals surface area contributed by atoms with E-state index >= 15 is 0 Å². The molecule has 2 N–H and O–H groups in total. The molecule has 1 aromatic rings. The number of aliphatic hydroxyl groups is 1. The van der Waals surface area contributed by atoms with E-state index in [1.165, 1.54) is 6.42 Å². The van der Waals surface area contributed by atoms with Gasteiger partial charge in [-0.15, -0.1) is 0 Å². The average Bonchev–Trinajstić information content (AvgIpc) is 2.61. The molecule has 1 aliphatic carbocycles. The number of rotatable bonds is 4. The van der Waals surface area contributed by atoms with E-state index in [1.54, 1.807) is 6.20 Å². The van der Waals surface area contributed by atoms with E-state index in [0.29, 0.717) is 11.6 Å². The van der Waals surface area contributed by atoms with Crippen LogP contribution in [0.1, 0.15) is 50.5 Å². The quantitative estimate of drug-likeness (QED) is 0.891. The molecule has 0 atom stereocenters. The molecule has 3 rings (SSSR count). The lowest BCUT2D eigenvalue weighted by atomic mass is 9.84. The molecule has 124 valence electrons. The van der Waals surface area contributed by atoms with Crippen LogP contribution in [0.4, 0.5) is 5.82 Å². The second kappa shape index (κ2) is 7.29. The van der Waals surface area contributed by atoms with Crippen molar-refractivity contribution in [1.82, 2.24) is 10.3 Å². The van der Waals surface area contributed by atoms with E-state index in [4.69, 9.17) is 5.26 Å². The fraction of sp³-hybridized carbons (Fsp3) is 0.667. The first kappa shape index (κ1) is 16.2. The van der Waals surface area contributed by atoms with Crippen molar-refractivity contribution < 1.29 is 5.11 Å². The molecule has 0 radical (unpaired) electrons. The zero-order valence-electron chi connectivity index (χ0n) is 13.7. The Morgan fingerprint density at radius 1 is 1.26 bits per heavy atom. The van der Waals surface area contributed by atoms with E-state index in [0.717, 1.165) is 64.0 Å². The smallest absolute Gasteiger partial charge is 0.128 e. The number of nitrogens with zero attached hydrogens (tertiary/aromatic N) is 3. The van der Waals surface area contributed by atoms with Gasteiger partial charge in [0.2, 0.25) is 0 Å². The van der Waals surface area contributed by atoms with Crippen LogP contribution in [0.15, 0.2) is 18.3 Å². The van der Waals surface area contributed by atoms with Gasteiger partial charge in [-0.3, -0.25) is 0 Å². The van der Waals surface area contributed by atoms with Crippen molar-refractivity contribution in [1.29, 1.82) is 5.26 Å². The predicted octanol–water partition coefficient (Wildman–Crippen LogP) is 2.21. The summed E-state index contributed by atoms with van der Waals surface area (Å²) in [5.74, 6) is 0.952. The second-order valence-corrected chi connectivity index (χ2v) is 6.94. The number of piperidine rings is 1. The topological polar surface area (TPSA) is 72.2 Å². The minimum Gasteiger partial charge on any atom is -0.389 e. The minimum atomic E-state index is -0.482. The van der Waals surface area contributed by atoms with Crippen LogP contribution >= 0.6 is 0 Å². The summed E-state index contributed by atoms with van der Waals surface area (Å²) in [5, 5.41) is 23.0. The molecule has 5 heteroatoms. The summed E-state index contributed by atoms with van der Waals surface area (Å²) in [4.78, 5) is 6.64. The molecule has 1 aliphatic heterocycles. The Morgan fingerprint density at radius 2 is 2.00 bits per heavy atom. The zero-order chi connectivity index (χ0) is 16.1. The molecule has 0 aromatic carbocycles. The predicted molar refractivity (Wildman–Crippen MR) is 90.2 cm³/mol. The highest BCUT2D eigenvalue weighted by Crippen LogP contribution is 2.28. The standard InChI is InChI=1S/C18H26N4O/c19-12-15-4-5-17(20-13-15)22-10-6-16(7-11-22)21-14-18(23)8-2-1-3-9-18/h4-5,13,16,21,23H,1-3,6-11,14H2. The van der Waals surface area contributed by atoms with Crippen molar-refractivity contribution in [3.05, 3.63) is 23.9 Å². The number of pyridine rings is 1. The highest BCUT2D eigenvalue weighted by molar-refractivity contribution is 5.42. The third-order valence-electron chi connectivity index (χ3n) is 5.20. The SMILES string of the molecule is N#Cc1ccc(N2CCC(NCC3(O)CCCCC3)CC2)nc1. The van der Waals surface area contributed by atoms with Crippen molar-refractivity contribution in [2.75, 3.05) is 24.5 Å². The van der Waals surface area contributed by atoms with Gasteiger partial charge in [0, 0.05) is 31.9 Å². The summed E-state index contributed by atoms with van der Waals surface area (Å²) in [6.45, 7) is 2.66. The summed E-state index contributed by atoms with van der Waals surface area (Å²) >= 11 is 0.